The van der Waals surface area contributed by atoms with Crippen LogP contribution in [0.25, 0.3) is 0 Å². The van der Waals surface area contributed by atoms with Gasteiger partial charge in [-0.05, 0) is 31.6 Å². The average Bonchev–Trinajstić information content (AvgIpc) is 2.57. The average molecular weight is 328 g/mol. The van der Waals surface area contributed by atoms with Crippen LogP contribution in [-0.2, 0) is 0 Å². The summed E-state index contributed by atoms with van der Waals surface area (Å²) in [6.45, 7) is 23.6. The fourth-order valence-corrected chi connectivity index (χ4v) is 1.78. The van der Waals surface area contributed by atoms with Gasteiger partial charge in [0.15, 0.2) is 0 Å². The van der Waals surface area contributed by atoms with E-state index < -0.39 is 0 Å². The molecule has 0 radical (unpaired) electrons. The van der Waals surface area contributed by atoms with E-state index in [4.69, 9.17) is 11.6 Å². The molecule has 3 nitrogen and oxygen atoms in total. The lowest BCUT2D eigenvalue weighted by atomic mass is 10.1. The fourth-order valence-electron chi connectivity index (χ4n) is 1.78. The maximum atomic E-state index is 5.93. The van der Waals surface area contributed by atoms with Gasteiger partial charge in [0.25, 0.3) is 0 Å². The molecule has 140 valence electrons. The Balaban J connectivity index is -0.000000267. The molecule has 0 aromatic rings. The molecule has 0 aliphatic rings. The minimum absolute atomic E-state index is 0.749. The van der Waals surface area contributed by atoms with Gasteiger partial charge >= 0.3 is 0 Å². The Hall–Kier alpha value is -1.22. The van der Waals surface area contributed by atoms with E-state index in [2.05, 4.69) is 47.1 Å². The number of nitrogens with zero attached hydrogens (tertiary/aromatic N) is 1. The summed E-state index contributed by atoms with van der Waals surface area (Å²) in [7, 11) is 0. The van der Waals surface area contributed by atoms with Crippen molar-refractivity contribution in [3.8, 4) is 0 Å². The number of hydrogen-bond donors (Lipinski definition) is 2. The third-order valence-electron chi connectivity index (χ3n) is 2.85. The normalized spacial score (nSPS) is 9.61. The maximum absolute atomic E-state index is 5.93. The molecule has 0 saturated heterocycles. The molecule has 0 aromatic carbocycles. The van der Waals surface area contributed by atoms with Crippen LogP contribution in [0, 0.1) is 5.92 Å². The summed E-state index contributed by atoms with van der Waals surface area (Å²) in [5.41, 5.74) is 6.84. The lowest BCUT2D eigenvalue weighted by molar-refractivity contribution is 0.362. The van der Waals surface area contributed by atoms with Gasteiger partial charge in [-0.2, -0.15) is 0 Å². The monoisotopic (exact) mass is 327 g/mol. The molecule has 0 unspecified atom stereocenters. The van der Waals surface area contributed by atoms with Gasteiger partial charge in [-0.25, -0.2) is 5.84 Å². The van der Waals surface area contributed by atoms with Crippen LogP contribution in [0.2, 0.25) is 0 Å². The van der Waals surface area contributed by atoms with Gasteiger partial charge in [-0.3, -0.25) is 0 Å². The first-order valence-corrected chi connectivity index (χ1v) is 9.03. The molecule has 0 aliphatic heterocycles. The predicted molar refractivity (Wildman–Crippen MR) is 110 cm³/mol. The quantitative estimate of drug-likeness (QED) is 0.224. The van der Waals surface area contributed by atoms with Crippen LogP contribution >= 0.6 is 0 Å². The molecule has 0 aromatic heterocycles. The number of hydrazine groups is 1. The number of allylic oxidation sites excluding steroid dienone is 1. The van der Waals surface area contributed by atoms with Crippen molar-refractivity contribution >= 4 is 0 Å². The van der Waals surface area contributed by atoms with Crippen LogP contribution in [0.4, 0.5) is 0 Å². The molecule has 23 heavy (non-hydrogen) atoms. The van der Waals surface area contributed by atoms with Crippen molar-refractivity contribution in [3.05, 3.63) is 38.2 Å². The zero-order valence-electron chi connectivity index (χ0n) is 16.7. The summed E-state index contributed by atoms with van der Waals surface area (Å²) in [5, 5.41) is 1.73. The molecule has 0 rings (SSSR count). The Morgan fingerprint density at radius 1 is 1.00 bits per heavy atom. The van der Waals surface area contributed by atoms with Crippen molar-refractivity contribution in [2.45, 2.75) is 79.6 Å². The Bertz CT molecular complexity index is 223. The second kappa shape index (κ2) is 28.9. The minimum atomic E-state index is 0.749. The maximum Gasteiger partial charge on any atom is 0.0342 e. The van der Waals surface area contributed by atoms with E-state index in [0.717, 1.165) is 31.0 Å². The molecular formula is C20H45N3. The first-order chi connectivity index (χ1) is 11.1. The summed E-state index contributed by atoms with van der Waals surface area (Å²) < 4.78 is 0. The lowest BCUT2D eigenvalue weighted by Crippen LogP contribution is -2.27. The molecule has 0 atom stereocenters. The Kier molecular flexibility index (Phi) is 37.3. The Morgan fingerprint density at radius 2 is 1.52 bits per heavy atom. The number of hydrogen-bond acceptors (Lipinski definition) is 3. The highest BCUT2D eigenvalue weighted by atomic mass is 15.4. The third-order valence-corrected chi connectivity index (χ3v) is 2.85. The third kappa shape index (κ3) is 33.5. The molecule has 0 saturated carbocycles. The molecular weight excluding hydrogens is 282 g/mol. The zero-order chi connectivity index (χ0) is 19.1. The van der Waals surface area contributed by atoms with E-state index in [-0.39, 0.29) is 0 Å². The van der Waals surface area contributed by atoms with Crippen LogP contribution in [0.5, 0.6) is 0 Å². The number of rotatable bonds is 10. The molecule has 0 spiro atoms. The minimum Gasteiger partial charge on any atom is -0.401 e. The van der Waals surface area contributed by atoms with Crippen molar-refractivity contribution in [1.29, 1.82) is 0 Å². The number of nitrogens with two attached hydrogens (primary N) is 2. The molecule has 0 bridgehead atoms. The van der Waals surface area contributed by atoms with Crippen LogP contribution < -0.4 is 11.6 Å². The van der Waals surface area contributed by atoms with E-state index in [1.165, 1.54) is 32.1 Å². The van der Waals surface area contributed by atoms with E-state index in [0.29, 0.717) is 0 Å². The molecule has 4 N–H and O–H groups in total. The second-order valence-corrected chi connectivity index (χ2v) is 5.29. The van der Waals surface area contributed by atoms with Crippen molar-refractivity contribution in [2.75, 3.05) is 6.54 Å². The molecule has 0 heterocycles. The lowest BCUT2D eigenvalue weighted by Gasteiger charge is -2.15. The highest BCUT2D eigenvalue weighted by Gasteiger charge is 1.98. The van der Waals surface area contributed by atoms with E-state index in [1.54, 1.807) is 5.01 Å². The van der Waals surface area contributed by atoms with E-state index in [1.807, 2.05) is 20.0 Å². The van der Waals surface area contributed by atoms with Crippen LogP contribution in [0.1, 0.15) is 79.6 Å². The Morgan fingerprint density at radius 3 is 1.96 bits per heavy atom. The van der Waals surface area contributed by atoms with Crippen molar-refractivity contribution < 1.29 is 0 Å². The summed E-state index contributed by atoms with van der Waals surface area (Å²) >= 11 is 0. The first kappa shape index (κ1) is 29.7. The summed E-state index contributed by atoms with van der Waals surface area (Å²) in [4.78, 5) is 0. The van der Waals surface area contributed by atoms with E-state index >= 15 is 0 Å². The highest BCUT2D eigenvalue weighted by molar-refractivity contribution is 4.94. The van der Waals surface area contributed by atoms with Gasteiger partial charge in [0.1, 0.15) is 0 Å². The Labute approximate surface area is 147 Å². The SMILES string of the molecule is C=C.C=C.CC.CCCCCC/C(N)=C/N(N)CCCC(C)C. The van der Waals surface area contributed by atoms with Gasteiger partial charge in [-0.1, -0.05) is 53.9 Å². The standard InChI is InChI=1S/C14H31N3.C2H6.2C2H4/c1-4-5-6-7-10-14(15)12-17(16)11-8-9-13(2)3;3*1-2/h12-13H,4-11,15-16H2,1-3H3;1-2H3;2*1-2H2/b14-12-;;;. The molecule has 0 aliphatic carbocycles. The van der Waals surface area contributed by atoms with Crippen molar-refractivity contribution in [2.24, 2.45) is 17.5 Å². The zero-order valence-corrected chi connectivity index (χ0v) is 16.7. The predicted octanol–water partition coefficient (Wildman–Crippen LogP) is 6.00. The fraction of sp³-hybridized carbons (Fsp3) is 0.700. The largest absolute Gasteiger partial charge is 0.401 e. The smallest absolute Gasteiger partial charge is 0.0342 e. The molecule has 0 fully saturated rings. The van der Waals surface area contributed by atoms with Crippen LogP contribution in [0.15, 0.2) is 38.2 Å². The molecule has 0 amide bonds. The van der Waals surface area contributed by atoms with Crippen LogP contribution in [-0.4, -0.2) is 11.6 Å². The van der Waals surface area contributed by atoms with Gasteiger partial charge in [0.05, 0.1) is 0 Å². The second-order valence-electron chi connectivity index (χ2n) is 5.29. The van der Waals surface area contributed by atoms with Gasteiger partial charge in [0, 0.05) is 18.4 Å². The summed E-state index contributed by atoms with van der Waals surface area (Å²) in [6, 6.07) is 0. The number of unbranched alkanes of at least 4 members (excludes halogenated alkanes) is 3. The first-order valence-electron chi connectivity index (χ1n) is 9.03. The highest BCUT2D eigenvalue weighted by Crippen LogP contribution is 2.07. The topological polar surface area (TPSA) is 55.3 Å². The summed E-state index contributed by atoms with van der Waals surface area (Å²) in [6.07, 6.45) is 10.2. The van der Waals surface area contributed by atoms with Gasteiger partial charge in [-0.15, -0.1) is 26.3 Å². The van der Waals surface area contributed by atoms with Crippen LogP contribution in [0.3, 0.4) is 0 Å². The molecule has 3 heteroatoms. The van der Waals surface area contributed by atoms with Gasteiger partial charge < -0.3 is 10.7 Å². The van der Waals surface area contributed by atoms with E-state index in [9.17, 15) is 0 Å². The van der Waals surface area contributed by atoms with Gasteiger partial charge in [0.2, 0.25) is 0 Å². The van der Waals surface area contributed by atoms with Crippen molar-refractivity contribution in [1.82, 2.24) is 5.01 Å². The van der Waals surface area contributed by atoms with Crippen molar-refractivity contribution in [3.63, 3.8) is 0 Å². The summed E-state index contributed by atoms with van der Waals surface area (Å²) in [5.74, 6) is 6.62.